The molecule has 8 heteroatoms. The Bertz CT molecular complexity index is 1140. The Hall–Kier alpha value is -3.42. The third-order valence-corrected chi connectivity index (χ3v) is 6.03. The number of methoxy groups -OCH3 is 2. The van der Waals surface area contributed by atoms with Crippen molar-refractivity contribution in [3.8, 4) is 11.5 Å². The topological polar surface area (TPSA) is 77.7 Å². The fourth-order valence-electron chi connectivity index (χ4n) is 4.41. The van der Waals surface area contributed by atoms with E-state index in [0.717, 1.165) is 29.6 Å². The van der Waals surface area contributed by atoms with Crippen molar-refractivity contribution in [2.75, 3.05) is 32.6 Å². The molecule has 1 aliphatic heterocycles. The van der Waals surface area contributed by atoms with E-state index < -0.39 is 0 Å². The zero-order valence-electron chi connectivity index (χ0n) is 18.8. The number of hydrogen-bond donors (Lipinski definition) is 1. The highest BCUT2D eigenvalue weighted by molar-refractivity contribution is 5.81. The van der Waals surface area contributed by atoms with Crippen molar-refractivity contribution in [1.82, 2.24) is 14.0 Å². The minimum Gasteiger partial charge on any atom is -0.497 e. The van der Waals surface area contributed by atoms with Gasteiger partial charge in [0.1, 0.15) is 18.0 Å². The predicted octanol–water partition coefficient (Wildman–Crippen LogP) is 2.94. The highest BCUT2D eigenvalue weighted by Gasteiger charge is 2.25. The van der Waals surface area contributed by atoms with E-state index in [-0.39, 0.29) is 24.2 Å². The summed E-state index contributed by atoms with van der Waals surface area (Å²) in [5, 5.41) is 3.51. The smallest absolute Gasteiger partial charge is 0.329 e. The quantitative estimate of drug-likeness (QED) is 0.614. The molecule has 1 N–H and O–H groups in total. The van der Waals surface area contributed by atoms with Crippen LogP contribution in [0.15, 0.2) is 47.3 Å². The number of piperidine rings is 1. The minimum absolute atomic E-state index is 0.0409. The van der Waals surface area contributed by atoms with Crippen LogP contribution in [-0.4, -0.2) is 53.3 Å². The number of para-hydroxylation sites is 2. The summed E-state index contributed by atoms with van der Waals surface area (Å²) in [4.78, 5) is 27.9. The maximum Gasteiger partial charge on any atom is 0.329 e. The summed E-state index contributed by atoms with van der Waals surface area (Å²) in [5.74, 6) is 1.38. The molecule has 3 aromatic rings. The number of carbonyl (C=O) groups excluding carboxylic acids is 1. The zero-order chi connectivity index (χ0) is 22.7. The van der Waals surface area contributed by atoms with Gasteiger partial charge in [-0.2, -0.15) is 0 Å². The number of benzene rings is 2. The lowest BCUT2D eigenvalue weighted by molar-refractivity contribution is -0.132. The van der Waals surface area contributed by atoms with Crippen LogP contribution < -0.4 is 20.5 Å². The van der Waals surface area contributed by atoms with Crippen LogP contribution in [0.25, 0.3) is 11.0 Å². The first-order valence-electron chi connectivity index (χ1n) is 11.0. The first-order chi connectivity index (χ1) is 15.5. The predicted molar refractivity (Wildman–Crippen MR) is 125 cm³/mol. The normalized spacial score (nSPS) is 16.2. The molecule has 1 saturated heterocycles. The van der Waals surface area contributed by atoms with E-state index >= 15 is 0 Å². The number of aromatic nitrogens is 2. The van der Waals surface area contributed by atoms with Crippen LogP contribution in [0.5, 0.6) is 11.5 Å². The molecule has 0 radical (unpaired) electrons. The molecular formula is C24H30N4O4. The first kappa shape index (κ1) is 21.8. The van der Waals surface area contributed by atoms with E-state index in [9.17, 15) is 9.59 Å². The van der Waals surface area contributed by atoms with Crippen LogP contribution in [0.1, 0.15) is 19.8 Å². The Morgan fingerprint density at radius 1 is 1.06 bits per heavy atom. The van der Waals surface area contributed by atoms with Crippen molar-refractivity contribution >= 4 is 22.6 Å². The highest BCUT2D eigenvalue weighted by Crippen LogP contribution is 2.27. The van der Waals surface area contributed by atoms with E-state index in [1.54, 1.807) is 23.4 Å². The second kappa shape index (κ2) is 9.38. The SMILES string of the molecule is CCn1c(=O)n(CC(=O)N2CCC[C@H](Nc3cc(OC)cc(OC)c3)C2)c2ccccc21. The second-order valence-electron chi connectivity index (χ2n) is 8.03. The molecule has 1 amide bonds. The Morgan fingerprint density at radius 3 is 2.34 bits per heavy atom. The van der Waals surface area contributed by atoms with Gasteiger partial charge in [0.2, 0.25) is 5.91 Å². The number of rotatable bonds is 7. The maximum absolute atomic E-state index is 13.1. The Morgan fingerprint density at radius 2 is 1.72 bits per heavy atom. The number of carbonyl (C=O) groups is 1. The third kappa shape index (κ3) is 4.30. The molecule has 32 heavy (non-hydrogen) atoms. The van der Waals surface area contributed by atoms with Crippen molar-refractivity contribution in [2.45, 2.75) is 38.9 Å². The zero-order valence-corrected chi connectivity index (χ0v) is 18.8. The molecule has 1 fully saturated rings. The van der Waals surface area contributed by atoms with Gasteiger partial charge < -0.3 is 19.7 Å². The highest BCUT2D eigenvalue weighted by atomic mass is 16.5. The number of ether oxygens (including phenoxy) is 2. The molecule has 8 nitrogen and oxygen atoms in total. The molecular weight excluding hydrogens is 408 g/mol. The van der Waals surface area contributed by atoms with Crippen molar-refractivity contribution in [2.24, 2.45) is 0 Å². The van der Waals surface area contributed by atoms with Gasteiger partial charge in [0, 0.05) is 49.6 Å². The average molecular weight is 439 g/mol. The second-order valence-corrected chi connectivity index (χ2v) is 8.03. The summed E-state index contributed by atoms with van der Waals surface area (Å²) in [6.45, 7) is 3.83. The lowest BCUT2D eigenvalue weighted by Crippen LogP contribution is -2.47. The molecule has 1 atom stereocenters. The third-order valence-electron chi connectivity index (χ3n) is 6.03. The van der Waals surface area contributed by atoms with Crippen LogP contribution in [0.2, 0.25) is 0 Å². The number of nitrogens with zero attached hydrogens (tertiary/aromatic N) is 3. The number of fused-ring (bicyclic) bond motifs is 1. The number of imidazole rings is 1. The van der Waals surface area contributed by atoms with Crippen molar-refractivity contribution in [1.29, 1.82) is 0 Å². The molecule has 4 rings (SSSR count). The van der Waals surface area contributed by atoms with E-state index in [0.29, 0.717) is 31.1 Å². The molecule has 0 spiro atoms. The lowest BCUT2D eigenvalue weighted by Gasteiger charge is -2.34. The van der Waals surface area contributed by atoms with Crippen molar-refractivity contribution < 1.29 is 14.3 Å². The van der Waals surface area contributed by atoms with Gasteiger partial charge in [0.15, 0.2) is 0 Å². The molecule has 1 aliphatic rings. The number of aryl methyl sites for hydroxylation is 1. The fourth-order valence-corrected chi connectivity index (χ4v) is 4.41. The maximum atomic E-state index is 13.1. The lowest BCUT2D eigenvalue weighted by atomic mass is 10.0. The molecule has 170 valence electrons. The summed E-state index contributed by atoms with van der Waals surface area (Å²) in [7, 11) is 3.24. The standard InChI is InChI=1S/C24H30N4O4/c1-4-27-21-9-5-6-10-22(21)28(24(27)30)16-23(29)26-11-7-8-17(15-26)25-18-12-19(31-2)14-20(13-18)32-3/h5-6,9-10,12-14,17,25H,4,7-8,11,15-16H2,1-3H3/t17-/m0/s1. The summed E-state index contributed by atoms with van der Waals surface area (Å²) >= 11 is 0. The summed E-state index contributed by atoms with van der Waals surface area (Å²) in [6, 6.07) is 13.4. The molecule has 1 aromatic heterocycles. The number of amides is 1. The minimum atomic E-state index is -0.141. The van der Waals surface area contributed by atoms with Crippen molar-refractivity contribution in [3.05, 3.63) is 52.9 Å². The Kier molecular flexibility index (Phi) is 6.39. The summed E-state index contributed by atoms with van der Waals surface area (Å²) in [5.41, 5.74) is 2.40. The van der Waals surface area contributed by atoms with Gasteiger partial charge in [0.05, 0.1) is 25.3 Å². The van der Waals surface area contributed by atoms with Crippen LogP contribution in [0.4, 0.5) is 5.69 Å². The fraction of sp³-hybridized carbons (Fsp3) is 0.417. The first-order valence-corrected chi connectivity index (χ1v) is 11.0. The Labute approximate surface area is 187 Å². The summed E-state index contributed by atoms with van der Waals surface area (Å²) < 4.78 is 14.0. The number of anilines is 1. The van der Waals surface area contributed by atoms with Crippen LogP contribution in [-0.2, 0) is 17.9 Å². The molecule has 0 aliphatic carbocycles. The molecule has 2 heterocycles. The molecule has 0 bridgehead atoms. The van der Waals surface area contributed by atoms with Crippen LogP contribution >= 0.6 is 0 Å². The van der Waals surface area contributed by atoms with Crippen molar-refractivity contribution in [3.63, 3.8) is 0 Å². The largest absolute Gasteiger partial charge is 0.497 e. The average Bonchev–Trinajstić information content (AvgIpc) is 3.09. The van der Waals surface area contributed by atoms with Gasteiger partial charge >= 0.3 is 5.69 Å². The molecule has 0 saturated carbocycles. The van der Waals surface area contributed by atoms with Gasteiger partial charge in [-0.05, 0) is 31.9 Å². The number of hydrogen-bond acceptors (Lipinski definition) is 5. The molecule has 2 aromatic carbocycles. The van der Waals surface area contributed by atoms with E-state index in [4.69, 9.17) is 9.47 Å². The van der Waals surface area contributed by atoms with Crippen LogP contribution in [0.3, 0.4) is 0 Å². The monoisotopic (exact) mass is 438 g/mol. The van der Waals surface area contributed by atoms with Gasteiger partial charge in [0.25, 0.3) is 0 Å². The van der Waals surface area contributed by atoms with Gasteiger partial charge in [-0.25, -0.2) is 4.79 Å². The summed E-state index contributed by atoms with van der Waals surface area (Å²) in [6.07, 6.45) is 1.86. The van der Waals surface area contributed by atoms with Gasteiger partial charge in [-0.3, -0.25) is 13.9 Å². The molecule has 0 unspecified atom stereocenters. The number of likely N-dealkylation sites (tertiary alicyclic amines) is 1. The van der Waals surface area contributed by atoms with E-state index in [2.05, 4.69) is 5.32 Å². The van der Waals surface area contributed by atoms with Gasteiger partial charge in [-0.15, -0.1) is 0 Å². The Balaban J connectivity index is 1.49. The van der Waals surface area contributed by atoms with Gasteiger partial charge in [-0.1, -0.05) is 12.1 Å². The van der Waals surface area contributed by atoms with E-state index in [1.165, 1.54) is 0 Å². The van der Waals surface area contributed by atoms with Crippen LogP contribution in [0, 0.1) is 0 Å². The number of nitrogens with one attached hydrogen (secondary N) is 1. The van der Waals surface area contributed by atoms with E-state index in [1.807, 2.05) is 54.3 Å².